The van der Waals surface area contributed by atoms with Crippen LogP contribution in [0, 0.1) is 11.8 Å². The molecule has 1 aliphatic heterocycles. The number of carbonyl (C=O) groups excluding carboxylic acids is 1. The predicted molar refractivity (Wildman–Crippen MR) is 89.0 cm³/mol. The largest absolute Gasteiger partial charge is 0.444 e. The molecule has 5 heteroatoms. The molecule has 1 heterocycles. The van der Waals surface area contributed by atoms with Crippen LogP contribution in [0.2, 0.25) is 0 Å². The zero-order chi connectivity index (χ0) is 16.8. The molecule has 0 aromatic heterocycles. The van der Waals surface area contributed by atoms with Crippen molar-refractivity contribution in [3.63, 3.8) is 0 Å². The maximum atomic E-state index is 12.2. The lowest BCUT2D eigenvalue weighted by molar-refractivity contribution is 0.0162. The number of nitrogens with one attached hydrogen (secondary N) is 1. The van der Waals surface area contributed by atoms with Crippen molar-refractivity contribution in [2.24, 2.45) is 11.8 Å². The molecule has 1 saturated heterocycles. The van der Waals surface area contributed by atoms with Crippen LogP contribution in [0.25, 0.3) is 0 Å². The van der Waals surface area contributed by atoms with E-state index in [-0.39, 0.29) is 6.09 Å². The number of likely N-dealkylation sites (tertiary alicyclic amines) is 1. The van der Waals surface area contributed by atoms with Crippen LogP contribution in [-0.2, 0) is 9.47 Å². The second kappa shape index (κ2) is 8.73. The fourth-order valence-corrected chi connectivity index (χ4v) is 2.71. The topological polar surface area (TPSA) is 50.8 Å². The van der Waals surface area contributed by atoms with Crippen LogP contribution in [0.5, 0.6) is 0 Å². The molecule has 0 saturated carbocycles. The van der Waals surface area contributed by atoms with Crippen molar-refractivity contribution in [2.45, 2.75) is 59.1 Å². The standard InChI is InChI=1S/C17H34N2O3/c1-13(2)15(12-21-6)18-10-14-8-7-9-19(11-14)16(20)22-17(3,4)5/h13-15,18H,7-12H2,1-6H3. The summed E-state index contributed by atoms with van der Waals surface area (Å²) in [6, 6.07) is 0.363. The summed E-state index contributed by atoms with van der Waals surface area (Å²) in [7, 11) is 1.74. The smallest absolute Gasteiger partial charge is 0.410 e. The molecular weight excluding hydrogens is 280 g/mol. The van der Waals surface area contributed by atoms with Crippen LogP contribution >= 0.6 is 0 Å². The molecule has 0 radical (unpaired) electrons. The van der Waals surface area contributed by atoms with Gasteiger partial charge in [-0.15, -0.1) is 0 Å². The Bertz CT molecular complexity index is 339. The van der Waals surface area contributed by atoms with Gasteiger partial charge < -0.3 is 19.7 Å². The van der Waals surface area contributed by atoms with Gasteiger partial charge in [-0.05, 0) is 45.4 Å². The SMILES string of the molecule is COCC(NCC1CCCN(C(=O)OC(C)(C)C)C1)C(C)C. The zero-order valence-electron chi connectivity index (χ0n) is 15.1. The third kappa shape index (κ3) is 6.97. The van der Waals surface area contributed by atoms with Crippen LogP contribution in [0.15, 0.2) is 0 Å². The van der Waals surface area contributed by atoms with Gasteiger partial charge in [0, 0.05) is 32.8 Å². The minimum absolute atomic E-state index is 0.186. The van der Waals surface area contributed by atoms with E-state index in [0.29, 0.717) is 17.9 Å². The Morgan fingerprint density at radius 1 is 1.36 bits per heavy atom. The van der Waals surface area contributed by atoms with Crippen LogP contribution in [0.1, 0.15) is 47.5 Å². The molecule has 0 bridgehead atoms. The molecule has 2 unspecified atom stereocenters. The Hall–Kier alpha value is -0.810. The van der Waals surface area contributed by atoms with Crippen LogP contribution in [-0.4, -0.2) is 56.0 Å². The Morgan fingerprint density at radius 2 is 2.05 bits per heavy atom. The van der Waals surface area contributed by atoms with Gasteiger partial charge in [0.2, 0.25) is 0 Å². The van der Waals surface area contributed by atoms with Gasteiger partial charge in [-0.1, -0.05) is 13.8 Å². The van der Waals surface area contributed by atoms with Gasteiger partial charge in [-0.2, -0.15) is 0 Å². The van der Waals surface area contributed by atoms with E-state index < -0.39 is 5.60 Å². The lowest BCUT2D eigenvalue weighted by Gasteiger charge is -2.35. The number of rotatable bonds is 6. The number of methoxy groups -OCH3 is 1. The van der Waals surface area contributed by atoms with E-state index in [1.54, 1.807) is 7.11 Å². The summed E-state index contributed by atoms with van der Waals surface area (Å²) < 4.78 is 10.7. The molecule has 130 valence electrons. The molecule has 2 atom stereocenters. The second-order valence-electron chi connectivity index (χ2n) is 7.65. The van der Waals surface area contributed by atoms with E-state index in [1.165, 1.54) is 0 Å². The highest BCUT2D eigenvalue weighted by atomic mass is 16.6. The maximum absolute atomic E-state index is 12.2. The third-order valence-corrected chi connectivity index (χ3v) is 3.99. The van der Waals surface area contributed by atoms with Gasteiger partial charge in [0.1, 0.15) is 5.60 Å². The van der Waals surface area contributed by atoms with Gasteiger partial charge in [-0.3, -0.25) is 0 Å². The van der Waals surface area contributed by atoms with Gasteiger partial charge in [0.15, 0.2) is 0 Å². The average Bonchev–Trinajstić information content (AvgIpc) is 2.41. The fraction of sp³-hybridized carbons (Fsp3) is 0.941. The fourth-order valence-electron chi connectivity index (χ4n) is 2.71. The van der Waals surface area contributed by atoms with E-state index in [0.717, 1.165) is 39.1 Å². The third-order valence-electron chi connectivity index (χ3n) is 3.99. The molecule has 0 aromatic rings. The lowest BCUT2D eigenvalue weighted by atomic mass is 9.97. The quantitative estimate of drug-likeness (QED) is 0.819. The van der Waals surface area contributed by atoms with E-state index in [9.17, 15) is 4.79 Å². The van der Waals surface area contributed by atoms with Crippen molar-refractivity contribution < 1.29 is 14.3 Å². The average molecular weight is 314 g/mol. The summed E-state index contributed by atoms with van der Waals surface area (Å²) in [6.07, 6.45) is 2.02. The molecule has 0 aliphatic carbocycles. The van der Waals surface area contributed by atoms with Crippen molar-refractivity contribution in [1.29, 1.82) is 0 Å². The number of amides is 1. The molecule has 1 N–H and O–H groups in total. The molecule has 5 nitrogen and oxygen atoms in total. The highest BCUT2D eigenvalue weighted by Crippen LogP contribution is 2.19. The summed E-state index contributed by atoms with van der Waals surface area (Å²) in [4.78, 5) is 14.0. The number of piperidine rings is 1. The van der Waals surface area contributed by atoms with Crippen LogP contribution < -0.4 is 5.32 Å². The molecule has 1 aliphatic rings. The number of carbonyl (C=O) groups is 1. The molecule has 22 heavy (non-hydrogen) atoms. The first kappa shape index (κ1) is 19.2. The summed E-state index contributed by atoms with van der Waals surface area (Å²) in [5.41, 5.74) is -0.427. The highest BCUT2D eigenvalue weighted by Gasteiger charge is 2.28. The first-order chi connectivity index (χ1) is 10.2. The maximum Gasteiger partial charge on any atom is 0.410 e. The summed E-state index contributed by atoms with van der Waals surface area (Å²) in [5, 5.41) is 3.59. The van der Waals surface area contributed by atoms with Gasteiger partial charge in [-0.25, -0.2) is 4.79 Å². The first-order valence-electron chi connectivity index (χ1n) is 8.43. The van der Waals surface area contributed by atoms with Crippen LogP contribution in [0.3, 0.4) is 0 Å². The van der Waals surface area contributed by atoms with Crippen molar-refractivity contribution >= 4 is 6.09 Å². The lowest BCUT2D eigenvalue weighted by Crippen LogP contribution is -2.47. The van der Waals surface area contributed by atoms with Crippen molar-refractivity contribution in [2.75, 3.05) is 33.4 Å². The Morgan fingerprint density at radius 3 is 2.59 bits per heavy atom. The van der Waals surface area contributed by atoms with E-state index in [4.69, 9.17) is 9.47 Å². The minimum Gasteiger partial charge on any atom is -0.444 e. The minimum atomic E-state index is -0.427. The molecule has 0 spiro atoms. The normalized spacial score (nSPS) is 21.0. The Labute approximate surface area is 135 Å². The van der Waals surface area contributed by atoms with E-state index in [1.807, 2.05) is 25.7 Å². The molecular formula is C17H34N2O3. The Balaban J connectivity index is 2.44. The number of hydrogen-bond donors (Lipinski definition) is 1. The molecule has 1 rings (SSSR count). The second-order valence-corrected chi connectivity index (χ2v) is 7.65. The van der Waals surface area contributed by atoms with Gasteiger partial charge in [0.05, 0.1) is 6.61 Å². The van der Waals surface area contributed by atoms with E-state index in [2.05, 4.69) is 19.2 Å². The molecule has 1 fully saturated rings. The van der Waals surface area contributed by atoms with Crippen molar-refractivity contribution in [3.05, 3.63) is 0 Å². The summed E-state index contributed by atoms with van der Waals surface area (Å²) in [5.74, 6) is 1.02. The molecule has 1 amide bonds. The van der Waals surface area contributed by atoms with Crippen molar-refractivity contribution in [3.8, 4) is 0 Å². The number of nitrogens with zero attached hydrogens (tertiary/aromatic N) is 1. The zero-order valence-corrected chi connectivity index (χ0v) is 15.1. The first-order valence-corrected chi connectivity index (χ1v) is 8.43. The van der Waals surface area contributed by atoms with Gasteiger partial charge in [0.25, 0.3) is 0 Å². The van der Waals surface area contributed by atoms with Crippen molar-refractivity contribution in [1.82, 2.24) is 10.2 Å². The summed E-state index contributed by atoms with van der Waals surface area (Å²) >= 11 is 0. The monoisotopic (exact) mass is 314 g/mol. The predicted octanol–water partition coefficient (Wildman–Crippen LogP) is 2.89. The Kier molecular flexibility index (Phi) is 7.63. The van der Waals surface area contributed by atoms with E-state index >= 15 is 0 Å². The highest BCUT2D eigenvalue weighted by molar-refractivity contribution is 5.68. The summed E-state index contributed by atoms with van der Waals surface area (Å²) in [6.45, 7) is 13.3. The van der Waals surface area contributed by atoms with Crippen LogP contribution in [0.4, 0.5) is 4.79 Å². The number of ether oxygens (including phenoxy) is 2. The van der Waals surface area contributed by atoms with Gasteiger partial charge >= 0.3 is 6.09 Å². The number of hydrogen-bond acceptors (Lipinski definition) is 4. The molecule has 0 aromatic carbocycles.